The number of benzene rings is 2. The summed E-state index contributed by atoms with van der Waals surface area (Å²) >= 11 is 0. The Morgan fingerprint density at radius 1 is 1.08 bits per heavy atom. The van der Waals surface area contributed by atoms with Crippen LogP contribution in [0.5, 0.6) is 5.75 Å². The summed E-state index contributed by atoms with van der Waals surface area (Å²) in [5.74, 6) is 0.795. The molecule has 1 fully saturated rings. The van der Waals surface area contributed by atoms with Gasteiger partial charge in [0.2, 0.25) is 0 Å². The summed E-state index contributed by atoms with van der Waals surface area (Å²) in [5, 5.41) is 11.7. The van der Waals surface area contributed by atoms with Gasteiger partial charge in [0.05, 0.1) is 20.3 Å². The van der Waals surface area contributed by atoms with Crippen molar-refractivity contribution in [1.29, 1.82) is 0 Å². The number of aliphatic hydroxyl groups is 1. The number of rotatable bonds is 6. The maximum atomic E-state index is 11.7. The van der Waals surface area contributed by atoms with Crippen LogP contribution in [-0.4, -0.2) is 50.0 Å². The topological polar surface area (TPSA) is 41.9 Å². The van der Waals surface area contributed by atoms with Crippen molar-refractivity contribution in [3.05, 3.63) is 65.2 Å². The molecule has 1 unspecified atom stereocenters. The first-order chi connectivity index (χ1) is 12.1. The lowest BCUT2D eigenvalue weighted by atomic mass is 9.82. The Labute approximate surface area is 150 Å². The first kappa shape index (κ1) is 17.9. The molecule has 2 aromatic carbocycles. The summed E-state index contributed by atoms with van der Waals surface area (Å²) in [6.07, 6.45) is 0.642. The van der Waals surface area contributed by atoms with Crippen molar-refractivity contribution in [2.75, 3.05) is 40.0 Å². The summed E-state index contributed by atoms with van der Waals surface area (Å²) < 4.78 is 10.7. The molecule has 0 amide bonds. The zero-order valence-corrected chi connectivity index (χ0v) is 15.1. The average molecular weight is 341 g/mol. The van der Waals surface area contributed by atoms with Gasteiger partial charge in [0, 0.05) is 19.6 Å². The molecule has 134 valence electrons. The zero-order chi connectivity index (χ0) is 17.7. The molecule has 1 atom stereocenters. The third-order valence-electron chi connectivity index (χ3n) is 4.96. The van der Waals surface area contributed by atoms with Crippen LogP contribution in [0, 0.1) is 6.92 Å². The van der Waals surface area contributed by atoms with Crippen LogP contribution in [0.1, 0.15) is 23.1 Å². The standard InChI is InChI=1S/C21H27NO3/c1-17-4-3-5-19(16-17)21(23,10-11-22-12-14-25-15-13-22)18-6-8-20(24-2)9-7-18/h3-9,16,23H,10-15H2,1-2H3. The third-order valence-corrected chi connectivity index (χ3v) is 4.96. The van der Waals surface area contributed by atoms with Gasteiger partial charge in [0.15, 0.2) is 0 Å². The molecule has 1 heterocycles. The highest BCUT2D eigenvalue weighted by Crippen LogP contribution is 2.34. The highest BCUT2D eigenvalue weighted by atomic mass is 16.5. The molecule has 0 saturated carbocycles. The van der Waals surface area contributed by atoms with Gasteiger partial charge in [-0.25, -0.2) is 0 Å². The number of hydrogen-bond donors (Lipinski definition) is 1. The summed E-state index contributed by atoms with van der Waals surface area (Å²) in [6, 6.07) is 15.9. The van der Waals surface area contributed by atoms with Crippen molar-refractivity contribution in [1.82, 2.24) is 4.90 Å². The maximum Gasteiger partial charge on any atom is 0.118 e. The van der Waals surface area contributed by atoms with E-state index in [9.17, 15) is 5.11 Å². The molecule has 3 rings (SSSR count). The van der Waals surface area contributed by atoms with Gasteiger partial charge < -0.3 is 14.6 Å². The highest BCUT2D eigenvalue weighted by Gasteiger charge is 2.32. The van der Waals surface area contributed by atoms with Crippen LogP contribution in [0.25, 0.3) is 0 Å². The second kappa shape index (κ2) is 8.00. The predicted molar refractivity (Wildman–Crippen MR) is 99.0 cm³/mol. The molecule has 4 heteroatoms. The number of aryl methyl sites for hydroxylation is 1. The maximum absolute atomic E-state index is 11.7. The van der Waals surface area contributed by atoms with E-state index in [2.05, 4.69) is 24.0 Å². The lowest BCUT2D eigenvalue weighted by Crippen LogP contribution is -2.40. The molecule has 2 aromatic rings. The number of hydrogen-bond acceptors (Lipinski definition) is 4. The van der Waals surface area contributed by atoms with Gasteiger partial charge in [0.1, 0.15) is 11.4 Å². The van der Waals surface area contributed by atoms with Crippen LogP contribution in [0.2, 0.25) is 0 Å². The molecule has 0 aromatic heterocycles. The van der Waals surface area contributed by atoms with E-state index in [1.54, 1.807) is 7.11 Å². The molecular formula is C21H27NO3. The van der Waals surface area contributed by atoms with Gasteiger partial charge in [-0.1, -0.05) is 42.0 Å². The van der Waals surface area contributed by atoms with E-state index in [1.165, 1.54) is 0 Å². The normalized spacial score (nSPS) is 17.9. The first-order valence-electron chi connectivity index (χ1n) is 8.86. The molecule has 1 aliphatic heterocycles. The van der Waals surface area contributed by atoms with Crippen molar-refractivity contribution in [2.45, 2.75) is 18.9 Å². The van der Waals surface area contributed by atoms with Crippen LogP contribution in [-0.2, 0) is 10.3 Å². The molecule has 1 aliphatic rings. The predicted octanol–water partition coefficient (Wildman–Crippen LogP) is 2.96. The number of methoxy groups -OCH3 is 1. The summed E-state index contributed by atoms with van der Waals surface area (Å²) in [6.45, 7) is 6.27. The summed E-state index contributed by atoms with van der Waals surface area (Å²) in [5.41, 5.74) is 1.96. The second-order valence-electron chi connectivity index (χ2n) is 6.66. The fraction of sp³-hybridized carbons (Fsp3) is 0.429. The fourth-order valence-electron chi connectivity index (χ4n) is 3.37. The largest absolute Gasteiger partial charge is 0.497 e. The Morgan fingerprint density at radius 2 is 1.80 bits per heavy atom. The molecular weight excluding hydrogens is 314 g/mol. The summed E-state index contributed by atoms with van der Waals surface area (Å²) in [4.78, 5) is 2.35. The van der Waals surface area contributed by atoms with Crippen molar-refractivity contribution in [2.24, 2.45) is 0 Å². The second-order valence-corrected chi connectivity index (χ2v) is 6.66. The van der Waals surface area contributed by atoms with Crippen LogP contribution in [0.3, 0.4) is 0 Å². The van der Waals surface area contributed by atoms with E-state index in [4.69, 9.17) is 9.47 Å². The van der Waals surface area contributed by atoms with Crippen molar-refractivity contribution in [3.8, 4) is 5.75 Å². The average Bonchev–Trinajstić information content (AvgIpc) is 2.67. The van der Waals surface area contributed by atoms with Crippen LogP contribution in [0.4, 0.5) is 0 Å². The van der Waals surface area contributed by atoms with Gasteiger partial charge in [-0.2, -0.15) is 0 Å². The van der Waals surface area contributed by atoms with Crippen LogP contribution < -0.4 is 4.74 Å². The van der Waals surface area contributed by atoms with Gasteiger partial charge >= 0.3 is 0 Å². The molecule has 4 nitrogen and oxygen atoms in total. The SMILES string of the molecule is COc1ccc(C(O)(CCN2CCOCC2)c2cccc(C)c2)cc1. The monoisotopic (exact) mass is 341 g/mol. The third kappa shape index (κ3) is 4.21. The molecule has 25 heavy (non-hydrogen) atoms. The Morgan fingerprint density at radius 3 is 2.44 bits per heavy atom. The van der Waals surface area contributed by atoms with E-state index in [0.717, 1.165) is 55.3 Å². The van der Waals surface area contributed by atoms with Crippen LogP contribution >= 0.6 is 0 Å². The minimum atomic E-state index is -1.02. The Balaban J connectivity index is 1.88. The van der Waals surface area contributed by atoms with Crippen molar-refractivity contribution in [3.63, 3.8) is 0 Å². The molecule has 0 spiro atoms. The van der Waals surface area contributed by atoms with Crippen LogP contribution in [0.15, 0.2) is 48.5 Å². The van der Waals surface area contributed by atoms with Gasteiger partial charge in [0.25, 0.3) is 0 Å². The lowest BCUT2D eigenvalue weighted by molar-refractivity contribution is 0.0143. The van der Waals surface area contributed by atoms with Crippen molar-refractivity contribution < 1.29 is 14.6 Å². The van der Waals surface area contributed by atoms with Gasteiger partial charge in [-0.15, -0.1) is 0 Å². The minimum absolute atomic E-state index is 0.642. The number of ether oxygens (including phenoxy) is 2. The Kier molecular flexibility index (Phi) is 5.74. The first-order valence-corrected chi connectivity index (χ1v) is 8.86. The van der Waals surface area contributed by atoms with E-state index < -0.39 is 5.60 Å². The fourth-order valence-corrected chi connectivity index (χ4v) is 3.37. The van der Waals surface area contributed by atoms with Crippen molar-refractivity contribution >= 4 is 0 Å². The number of nitrogens with zero attached hydrogens (tertiary/aromatic N) is 1. The lowest BCUT2D eigenvalue weighted by Gasteiger charge is -2.34. The smallest absolute Gasteiger partial charge is 0.118 e. The van der Waals surface area contributed by atoms with Gasteiger partial charge in [-0.05, 0) is 36.6 Å². The Bertz CT molecular complexity index is 680. The van der Waals surface area contributed by atoms with E-state index >= 15 is 0 Å². The molecule has 0 radical (unpaired) electrons. The number of morpholine rings is 1. The Hall–Kier alpha value is -1.88. The van der Waals surface area contributed by atoms with E-state index in [1.807, 2.05) is 36.4 Å². The summed E-state index contributed by atoms with van der Waals surface area (Å²) in [7, 11) is 1.65. The van der Waals surface area contributed by atoms with E-state index in [-0.39, 0.29) is 0 Å². The molecule has 1 N–H and O–H groups in total. The highest BCUT2D eigenvalue weighted by molar-refractivity contribution is 5.40. The quantitative estimate of drug-likeness (QED) is 0.877. The molecule has 0 aliphatic carbocycles. The molecule has 0 bridgehead atoms. The van der Waals surface area contributed by atoms with E-state index in [0.29, 0.717) is 6.42 Å². The zero-order valence-electron chi connectivity index (χ0n) is 15.1. The molecule has 1 saturated heterocycles. The van der Waals surface area contributed by atoms with Gasteiger partial charge in [-0.3, -0.25) is 4.90 Å². The minimum Gasteiger partial charge on any atom is -0.497 e.